The van der Waals surface area contributed by atoms with E-state index in [1.165, 1.54) is 0 Å². The van der Waals surface area contributed by atoms with Crippen LogP contribution < -0.4 is 5.32 Å². The van der Waals surface area contributed by atoms with E-state index in [0.717, 1.165) is 0 Å². The average molecular weight is 159 g/mol. The Balaban J connectivity index is 3.18. The summed E-state index contributed by atoms with van der Waals surface area (Å²) in [6.45, 7) is 5.18. The van der Waals surface area contributed by atoms with Gasteiger partial charge in [-0.05, 0) is 0 Å². The minimum absolute atomic E-state index is 0.130. The molecule has 3 heteroatoms. The molecule has 0 aromatic rings. The van der Waals surface area contributed by atoms with Gasteiger partial charge in [0.05, 0.1) is 6.61 Å². The third-order valence-electron chi connectivity index (χ3n) is 1.48. The second-order valence-electron chi connectivity index (χ2n) is 2.84. The minimum atomic E-state index is 0.130. The van der Waals surface area contributed by atoms with Crippen molar-refractivity contribution in [3.63, 3.8) is 0 Å². The molecule has 11 heavy (non-hydrogen) atoms. The molecule has 0 radical (unpaired) electrons. The van der Waals surface area contributed by atoms with Crippen molar-refractivity contribution < 1.29 is 9.90 Å². The molecule has 0 aromatic heterocycles. The Morgan fingerprint density at radius 2 is 2.09 bits per heavy atom. The lowest BCUT2D eigenvalue weighted by molar-refractivity contribution is -0.121. The number of aliphatic hydroxyl groups is 1. The Hall–Kier alpha value is -0.410. The zero-order valence-electron chi connectivity index (χ0n) is 7.26. The molecule has 66 valence electrons. The van der Waals surface area contributed by atoms with E-state index in [9.17, 15) is 4.79 Å². The maximum atomic E-state index is 11.0. The van der Waals surface area contributed by atoms with Crippen LogP contribution >= 0.6 is 0 Å². The Morgan fingerprint density at radius 1 is 1.45 bits per heavy atom. The van der Waals surface area contributed by atoms with E-state index in [1.54, 1.807) is 0 Å². The highest BCUT2D eigenvalue weighted by molar-refractivity contribution is 5.80. The number of carbonyl (C=O) groups excluding carboxylic acids is 1. The van der Waals surface area contributed by atoms with Gasteiger partial charge < -0.3 is 10.4 Å². The molecular weight excluding hydrogens is 142 g/mol. The van der Waals surface area contributed by atoms with E-state index in [4.69, 9.17) is 5.11 Å². The number of ketones is 1. The third-order valence-corrected chi connectivity index (χ3v) is 1.48. The number of aliphatic hydroxyl groups excluding tert-OH is 1. The molecule has 0 rings (SSSR count). The van der Waals surface area contributed by atoms with Crippen molar-refractivity contribution in [3.05, 3.63) is 0 Å². The molecule has 2 N–H and O–H groups in total. The summed E-state index contributed by atoms with van der Waals surface area (Å²) in [6.07, 6.45) is 0.567. The van der Waals surface area contributed by atoms with Crippen LogP contribution in [0.4, 0.5) is 0 Å². The first-order valence-electron chi connectivity index (χ1n) is 4.02. The first-order valence-corrected chi connectivity index (χ1v) is 4.02. The summed E-state index contributed by atoms with van der Waals surface area (Å²) < 4.78 is 0. The van der Waals surface area contributed by atoms with Crippen molar-refractivity contribution in [1.82, 2.24) is 5.32 Å². The van der Waals surface area contributed by atoms with Crippen LogP contribution in [0.1, 0.15) is 20.3 Å². The normalized spacial score (nSPS) is 10.5. The summed E-state index contributed by atoms with van der Waals surface area (Å²) in [6, 6.07) is 0. The van der Waals surface area contributed by atoms with Gasteiger partial charge in [0.25, 0.3) is 0 Å². The highest BCUT2D eigenvalue weighted by Gasteiger charge is 2.04. The van der Waals surface area contributed by atoms with Crippen LogP contribution in [0.15, 0.2) is 0 Å². The van der Waals surface area contributed by atoms with Gasteiger partial charge in [-0.1, -0.05) is 13.8 Å². The Kier molecular flexibility index (Phi) is 6.07. The quantitative estimate of drug-likeness (QED) is 0.544. The molecule has 0 saturated heterocycles. The minimum Gasteiger partial charge on any atom is -0.395 e. The second-order valence-corrected chi connectivity index (χ2v) is 2.84. The molecule has 0 atom stereocenters. The van der Waals surface area contributed by atoms with Gasteiger partial charge in [0, 0.05) is 25.4 Å². The summed E-state index contributed by atoms with van der Waals surface area (Å²) in [5.41, 5.74) is 0. The van der Waals surface area contributed by atoms with E-state index in [1.807, 2.05) is 13.8 Å². The molecule has 0 aromatic carbocycles. The fourth-order valence-corrected chi connectivity index (χ4v) is 0.704. The van der Waals surface area contributed by atoms with Gasteiger partial charge in [-0.2, -0.15) is 0 Å². The number of nitrogens with one attached hydrogen (secondary N) is 1. The van der Waals surface area contributed by atoms with Gasteiger partial charge in [-0.15, -0.1) is 0 Å². The van der Waals surface area contributed by atoms with Gasteiger partial charge >= 0.3 is 0 Å². The summed E-state index contributed by atoms with van der Waals surface area (Å²) in [5, 5.41) is 11.3. The Morgan fingerprint density at radius 3 is 2.55 bits per heavy atom. The van der Waals surface area contributed by atoms with Crippen LogP contribution in [0.3, 0.4) is 0 Å². The molecule has 0 spiro atoms. The maximum Gasteiger partial charge on any atom is 0.136 e. The van der Waals surface area contributed by atoms with Gasteiger partial charge in [-0.3, -0.25) is 4.79 Å². The van der Waals surface area contributed by atoms with E-state index in [2.05, 4.69) is 5.32 Å². The van der Waals surface area contributed by atoms with E-state index < -0.39 is 0 Å². The molecule has 0 fully saturated rings. The maximum absolute atomic E-state index is 11.0. The smallest absolute Gasteiger partial charge is 0.136 e. The number of carbonyl (C=O) groups is 1. The summed E-state index contributed by atoms with van der Waals surface area (Å²) >= 11 is 0. The Labute approximate surface area is 67.8 Å². The van der Waals surface area contributed by atoms with Crippen molar-refractivity contribution in [2.24, 2.45) is 5.92 Å². The molecule has 0 bridgehead atoms. The van der Waals surface area contributed by atoms with Crippen molar-refractivity contribution >= 4 is 5.78 Å². The second kappa shape index (κ2) is 6.31. The van der Waals surface area contributed by atoms with Gasteiger partial charge in [0.15, 0.2) is 0 Å². The molecule has 0 amide bonds. The fraction of sp³-hybridized carbons (Fsp3) is 0.875. The monoisotopic (exact) mass is 159 g/mol. The number of hydrogen-bond acceptors (Lipinski definition) is 3. The standard InChI is InChI=1S/C8H17NO2/c1-7(2)8(11)3-4-9-5-6-10/h7,9-10H,3-6H2,1-2H3. The SMILES string of the molecule is CC(C)C(=O)CCNCCO. The molecule has 0 heterocycles. The summed E-state index contributed by atoms with van der Waals surface area (Å²) in [4.78, 5) is 11.0. The van der Waals surface area contributed by atoms with Crippen LogP contribution in [0.5, 0.6) is 0 Å². The van der Waals surface area contributed by atoms with Crippen molar-refractivity contribution in [1.29, 1.82) is 0 Å². The molecule has 0 aliphatic carbocycles. The molecule has 0 aliphatic rings. The highest BCUT2D eigenvalue weighted by atomic mass is 16.3. The van der Waals surface area contributed by atoms with Crippen molar-refractivity contribution in [2.75, 3.05) is 19.7 Å². The highest BCUT2D eigenvalue weighted by Crippen LogP contribution is 1.96. The topological polar surface area (TPSA) is 49.3 Å². The van der Waals surface area contributed by atoms with Crippen molar-refractivity contribution in [2.45, 2.75) is 20.3 Å². The van der Waals surface area contributed by atoms with Crippen LogP contribution in [0, 0.1) is 5.92 Å². The number of rotatable bonds is 6. The van der Waals surface area contributed by atoms with E-state index >= 15 is 0 Å². The van der Waals surface area contributed by atoms with Crippen LogP contribution in [-0.4, -0.2) is 30.6 Å². The van der Waals surface area contributed by atoms with Crippen LogP contribution in [0.25, 0.3) is 0 Å². The van der Waals surface area contributed by atoms with E-state index in [-0.39, 0.29) is 18.3 Å². The van der Waals surface area contributed by atoms with Gasteiger partial charge in [0.2, 0.25) is 0 Å². The first kappa shape index (κ1) is 10.6. The van der Waals surface area contributed by atoms with Crippen molar-refractivity contribution in [3.8, 4) is 0 Å². The third kappa shape index (κ3) is 6.01. The van der Waals surface area contributed by atoms with E-state index in [0.29, 0.717) is 19.5 Å². The average Bonchev–Trinajstić information content (AvgIpc) is 1.97. The molecule has 0 saturated carbocycles. The zero-order chi connectivity index (χ0) is 8.69. The molecule has 3 nitrogen and oxygen atoms in total. The summed E-state index contributed by atoms with van der Waals surface area (Å²) in [7, 11) is 0. The predicted molar refractivity (Wildman–Crippen MR) is 44.4 cm³/mol. The van der Waals surface area contributed by atoms with Gasteiger partial charge in [0.1, 0.15) is 5.78 Å². The lowest BCUT2D eigenvalue weighted by Crippen LogP contribution is -2.22. The number of Topliss-reactive ketones (excluding diaryl/α,β-unsaturated/α-hetero) is 1. The lowest BCUT2D eigenvalue weighted by atomic mass is 10.1. The first-order chi connectivity index (χ1) is 5.18. The number of hydrogen-bond donors (Lipinski definition) is 2. The zero-order valence-corrected chi connectivity index (χ0v) is 7.26. The molecule has 0 aliphatic heterocycles. The molecular formula is C8H17NO2. The Bertz CT molecular complexity index is 113. The predicted octanol–water partition coefficient (Wildman–Crippen LogP) is 0.183. The molecule has 0 unspecified atom stereocenters. The fourth-order valence-electron chi connectivity index (χ4n) is 0.704. The summed E-state index contributed by atoms with van der Waals surface area (Å²) in [5.74, 6) is 0.404. The lowest BCUT2D eigenvalue weighted by Gasteiger charge is -2.03. The largest absolute Gasteiger partial charge is 0.395 e. The van der Waals surface area contributed by atoms with Crippen LogP contribution in [0.2, 0.25) is 0 Å². The van der Waals surface area contributed by atoms with Gasteiger partial charge in [-0.25, -0.2) is 0 Å². The van der Waals surface area contributed by atoms with Crippen LogP contribution in [-0.2, 0) is 4.79 Å².